The zero-order chi connectivity index (χ0) is 8.55. The summed E-state index contributed by atoms with van der Waals surface area (Å²) >= 11 is 0. The van der Waals surface area contributed by atoms with Crippen molar-refractivity contribution in [3.63, 3.8) is 0 Å². The van der Waals surface area contributed by atoms with Gasteiger partial charge in [-0.05, 0) is 26.0 Å². The van der Waals surface area contributed by atoms with Crippen molar-refractivity contribution in [1.29, 1.82) is 0 Å². The monoisotopic (exact) mass is 161 g/mol. The minimum Gasteiger partial charge on any atom is -0.487 e. The molecular formula is C10H11NO. The molecule has 0 bridgehead atoms. The fourth-order valence-corrected chi connectivity index (χ4v) is 1.33. The van der Waals surface area contributed by atoms with Crippen LogP contribution in [0.25, 0.3) is 5.57 Å². The minimum absolute atomic E-state index is 0.675. The van der Waals surface area contributed by atoms with E-state index in [1.54, 1.807) is 6.20 Å². The van der Waals surface area contributed by atoms with E-state index in [0.29, 0.717) is 6.61 Å². The zero-order valence-corrected chi connectivity index (χ0v) is 7.29. The van der Waals surface area contributed by atoms with Gasteiger partial charge in [0.25, 0.3) is 0 Å². The second kappa shape index (κ2) is 2.63. The summed E-state index contributed by atoms with van der Waals surface area (Å²) in [6, 6.07) is 3.85. The Morgan fingerprint density at radius 3 is 3.08 bits per heavy atom. The van der Waals surface area contributed by atoms with Crippen LogP contribution >= 0.6 is 0 Å². The largest absolute Gasteiger partial charge is 0.487 e. The van der Waals surface area contributed by atoms with Crippen LogP contribution in [0.2, 0.25) is 0 Å². The topological polar surface area (TPSA) is 22.1 Å². The molecular weight excluding hydrogens is 150 g/mol. The van der Waals surface area contributed by atoms with Crippen molar-refractivity contribution in [2.24, 2.45) is 0 Å². The molecule has 0 aromatic carbocycles. The third kappa shape index (κ3) is 0.998. The fourth-order valence-electron chi connectivity index (χ4n) is 1.33. The van der Waals surface area contributed by atoms with E-state index in [9.17, 15) is 0 Å². The molecule has 2 rings (SSSR count). The van der Waals surface area contributed by atoms with Crippen LogP contribution in [-0.2, 0) is 0 Å². The number of hydrogen-bond donors (Lipinski definition) is 0. The van der Waals surface area contributed by atoms with Gasteiger partial charge in [0, 0.05) is 11.8 Å². The average molecular weight is 161 g/mol. The summed E-state index contributed by atoms with van der Waals surface area (Å²) in [5.41, 5.74) is 3.52. The molecule has 2 nitrogen and oxygen atoms in total. The van der Waals surface area contributed by atoms with Crippen molar-refractivity contribution in [3.05, 3.63) is 29.6 Å². The smallest absolute Gasteiger partial charge is 0.145 e. The lowest BCUT2D eigenvalue weighted by Gasteiger charge is -1.96. The van der Waals surface area contributed by atoms with Crippen molar-refractivity contribution in [2.45, 2.75) is 13.8 Å². The number of fused-ring (bicyclic) bond motifs is 1. The second-order valence-corrected chi connectivity index (χ2v) is 3.12. The first kappa shape index (κ1) is 7.35. The van der Waals surface area contributed by atoms with Gasteiger partial charge in [-0.2, -0.15) is 0 Å². The Hall–Kier alpha value is -1.31. The molecule has 0 saturated carbocycles. The van der Waals surface area contributed by atoms with Crippen LogP contribution in [0, 0.1) is 0 Å². The van der Waals surface area contributed by atoms with Gasteiger partial charge in [-0.25, -0.2) is 0 Å². The van der Waals surface area contributed by atoms with Crippen LogP contribution in [0.15, 0.2) is 23.9 Å². The summed E-state index contributed by atoms with van der Waals surface area (Å²) in [7, 11) is 0. The lowest BCUT2D eigenvalue weighted by atomic mass is 10.1. The molecule has 62 valence electrons. The van der Waals surface area contributed by atoms with E-state index in [2.05, 4.69) is 18.8 Å². The molecule has 0 N–H and O–H groups in total. The molecule has 2 heteroatoms. The molecule has 0 radical (unpaired) electrons. The van der Waals surface area contributed by atoms with Crippen LogP contribution in [0.3, 0.4) is 0 Å². The Bertz CT molecular complexity index is 337. The summed E-state index contributed by atoms with van der Waals surface area (Å²) in [4.78, 5) is 4.28. The highest BCUT2D eigenvalue weighted by Crippen LogP contribution is 2.32. The second-order valence-electron chi connectivity index (χ2n) is 3.12. The number of aromatic nitrogens is 1. The van der Waals surface area contributed by atoms with E-state index in [4.69, 9.17) is 4.74 Å². The normalized spacial score (nSPS) is 14.0. The van der Waals surface area contributed by atoms with Gasteiger partial charge < -0.3 is 4.74 Å². The summed E-state index contributed by atoms with van der Waals surface area (Å²) in [6.07, 6.45) is 1.80. The Balaban J connectivity index is 2.57. The van der Waals surface area contributed by atoms with Gasteiger partial charge in [-0.1, -0.05) is 5.57 Å². The maximum atomic E-state index is 5.45. The lowest BCUT2D eigenvalue weighted by Crippen LogP contribution is -1.89. The third-order valence-corrected chi connectivity index (χ3v) is 2.03. The summed E-state index contributed by atoms with van der Waals surface area (Å²) in [5, 5.41) is 0. The maximum Gasteiger partial charge on any atom is 0.145 e. The van der Waals surface area contributed by atoms with Crippen LogP contribution in [0.4, 0.5) is 0 Å². The Morgan fingerprint density at radius 2 is 2.33 bits per heavy atom. The lowest BCUT2D eigenvalue weighted by molar-refractivity contribution is 0.387. The molecule has 1 aromatic heterocycles. The van der Waals surface area contributed by atoms with Crippen molar-refractivity contribution < 1.29 is 4.74 Å². The van der Waals surface area contributed by atoms with Gasteiger partial charge in [0.2, 0.25) is 0 Å². The number of allylic oxidation sites excluding steroid dienone is 1. The first-order valence-electron chi connectivity index (χ1n) is 4.03. The number of pyridine rings is 1. The van der Waals surface area contributed by atoms with Gasteiger partial charge in [0.05, 0.1) is 0 Å². The molecule has 0 aliphatic carbocycles. The van der Waals surface area contributed by atoms with Gasteiger partial charge in [-0.15, -0.1) is 0 Å². The van der Waals surface area contributed by atoms with Gasteiger partial charge in [0.15, 0.2) is 0 Å². The van der Waals surface area contributed by atoms with Crippen molar-refractivity contribution in [3.8, 4) is 5.75 Å². The van der Waals surface area contributed by atoms with E-state index in [0.717, 1.165) is 11.4 Å². The van der Waals surface area contributed by atoms with Gasteiger partial charge in [-0.3, -0.25) is 4.98 Å². The maximum absolute atomic E-state index is 5.45. The molecule has 1 aliphatic rings. The number of ether oxygens (including phenoxy) is 1. The SMILES string of the molecule is CC(C)=C1COc2cccnc21. The van der Waals surface area contributed by atoms with E-state index < -0.39 is 0 Å². The molecule has 0 spiro atoms. The summed E-state index contributed by atoms with van der Waals surface area (Å²) < 4.78 is 5.45. The highest BCUT2D eigenvalue weighted by atomic mass is 16.5. The Morgan fingerprint density at radius 1 is 1.50 bits per heavy atom. The molecule has 0 saturated heterocycles. The molecule has 0 unspecified atom stereocenters. The first-order valence-corrected chi connectivity index (χ1v) is 4.03. The number of nitrogens with zero attached hydrogens (tertiary/aromatic N) is 1. The highest BCUT2D eigenvalue weighted by molar-refractivity contribution is 5.73. The van der Waals surface area contributed by atoms with Crippen molar-refractivity contribution in [2.75, 3.05) is 6.61 Å². The fraction of sp³-hybridized carbons (Fsp3) is 0.300. The van der Waals surface area contributed by atoms with Gasteiger partial charge >= 0.3 is 0 Å². The predicted molar refractivity (Wildman–Crippen MR) is 48.0 cm³/mol. The standard InChI is InChI=1S/C10H11NO/c1-7(2)8-6-12-9-4-3-5-11-10(8)9/h3-5H,6H2,1-2H3. The predicted octanol–water partition coefficient (Wildman–Crippen LogP) is 2.27. The van der Waals surface area contributed by atoms with E-state index in [-0.39, 0.29) is 0 Å². The zero-order valence-electron chi connectivity index (χ0n) is 7.29. The van der Waals surface area contributed by atoms with E-state index in [1.165, 1.54) is 11.1 Å². The Labute approximate surface area is 71.9 Å². The quantitative estimate of drug-likeness (QED) is 0.582. The molecule has 12 heavy (non-hydrogen) atoms. The molecule has 1 aromatic rings. The summed E-state index contributed by atoms with van der Waals surface area (Å²) in [5.74, 6) is 0.911. The average Bonchev–Trinajstić information content (AvgIpc) is 2.47. The van der Waals surface area contributed by atoms with Crippen LogP contribution < -0.4 is 4.74 Å². The molecule has 1 aliphatic heterocycles. The van der Waals surface area contributed by atoms with Crippen molar-refractivity contribution >= 4 is 5.57 Å². The van der Waals surface area contributed by atoms with E-state index in [1.807, 2.05) is 12.1 Å². The van der Waals surface area contributed by atoms with E-state index >= 15 is 0 Å². The summed E-state index contributed by atoms with van der Waals surface area (Å²) in [6.45, 7) is 4.85. The van der Waals surface area contributed by atoms with Crippen LogP contribution in [-0.4, -0.2) is 11.6 Å². The minimum atomic E-state index is 0.675. The molecule has 2 heterocycles. The first-order chi connectivity index (χ1) is 5.79. The van der Waals surface area contributed by atoms with Crippen molar-refractivity contribution in [1.82, 2.24) is 4.98 Å². The molecule has 0 fully saturated rings. The molecule has 0 amide bonds. The molecule has 0 atom stereocenters. The van der Waals surface area contributed by atoms with Gasteiger partial charge in [0.1, 0.15) is 18.1 Å². The highest BCUT2D eigenvalue weighted by Gasteiger charge is 2.18. The number of hydrogen-bond acceptors (Lipinski definition) is 2. The Kier molecular flexibility index (Phi) is 1.61. The van der Waals surface area contributed by atoms with Crippen LogP contribution in [0.5, 0.6) is 5.75 Å². The third-order valence-electron chi connectivity index (χ3n) is 2.03. The van der Waals surface area contributed by atoms with Crippen LogP contribution in [0.1, 0.15) is 19.5 Å². The number of rotatable bonds is 0.